The minimum absolute atomic E-state index is 0.0915. The lowest BCUT2D eigenvalue weighted by Crippen LogP contribution is -2.41. The van der Waals surface area contributed by atoms with Crippen LogP contribution in [0.1, 0.15) is 10.4 Å². The second-order valence-corrected chi connectivity index (χ2v) is 4.71. The summed E-state index contributed by atoms with van der Waals surface area (Å²) in [4.78, 5) is 14.0. The van der Waals surface area contributed by atoms with Crippen LogP contribution in [0.4, 0.5) is 4.39 Å². The Morgan fingerprint density at radius 2 is 2.16 bits per heavy atom. The molecule has 1 N–H and O–H groups in total. The summed E-state index contributed by atoms with van der Waals surface area (Å²) >= 11 is 5.82. The lowest BCUT2D eigenvalue weighted by molar-refractivity contribution is 0.0383. The van der Waals surface area contributed by atoms with Gasteiger partial charge in [0.15, 0.2) is 0 Å². The highest BCUT2D eigenvalue weighted by Gasteiger charge is 2.16. The highest BCUT2D eigenvalue weighted by Crippen LogP contribution is 2.18. The van der Waals surface area contributed by atoms with Gasteiger partial charge in [0.1, 0.15) is 5.82 Å². The van der Waals surface area contributed by atoms with Gasteiger partial charge in [-0.15, -0.1) is 0 Å². The van der Waals surface area contributed by atoms with E-state index in [1.54, 1.807) is 0 Å². The highest BCUT2D eigenvalue weighted by molar-refractivity contribution is 6.33. The lowest BCUT2D eigenvalue weighted by Gasteiger charge is -2.26. The third kappa shape index (κ3) is 3.89. The Bertz CT molecular complexity index is 430. The smallest absolute Gasteiger partial charge is 0.255 e. The van der Waals surface area contributed by atoms with E-state index in [2.05, 4.69) is 10.2 Å². The maximum Gasteiger partial charge on any atom is 0.255 e. The number of halogens is 2. The molecule has 0 aliphatic carbocycles. The molecule has 1 aliphatic rings. The quantitative estimate of drug-likeness (QED) is 0.913. The third-order valence-corrected chi connectivity index (χ3v) is 3.32. The Kier molecular flexibility index (Phi) is 5.13. The number of carbonyl (C=O) groups is 1. The molecule has 1 amide bonds. The molecule has 4 nitrogen and oxygen atoms in total. The Morgan fingerprint density at radius 3 is 2.84 bits per heavy atom. The molecule has 1 aromatic rings. The third-order valence-electron chi connectivity index (χ3n) is 3.01. The van der Waals surface area contributed by atoms with Crippen LogP contribution in [0.15, 0.2) is 18.2 Å². The maximum absolute atomic E-state index is 13.5. The minimum atomic E-state index is -0.601. The van der Waals surface area contributed by atoms with E-state index in [4.69, 9.17) is 16.3 Å². The fourth-order valence-electron chi connectivity index (χ4n) is 1.96. The van der Waals surface area contributed by atoms with Crippen LogP contribution in [-0.4, -0.2) is 50.2 Å². The minimum Gasteiger partial charge on any atom is -0.379 e. The number of morpholine rings is 1. The molecule has 0 unspecified atom stereocenters. The summed E-state index contributed by atoms with van der Waals surface area (Å²) in [5.41, 5.74) is -0.0915. The predicted molar refractivity (Wildman–Crippen MR) is 71.0 cm³/mol. The van der Waals surface area contributed by atoms with Gasteiger partial charge in [0.05, 0.1) is 23.8 Å². The van der Waals surface area contributed by atoms with Gasteiger partial charge in [-0.1, -0.05) is 17.7 Å². The molecule has 2 rings (SSSR count). The van der Waals surface area contributed by atoms with Crippen LogP contribution < -0.4 is 5.32 Å². The van der Waals surface area contributed by atoms with Crippen LogP contribution in [-0.2, 0) is 4.74 Å². The van der Waals surface area contributed by atoms with Crippen molar-refractivity contribution in [3.05, 3.63) is 34.6 Å². The normalized spacial score (nSPS) is 16.3. The van der Waals surface area contributed by atoms with E-state index in [1.165, 1.54) is 18.2 Å². The summed E-state index contributed by atoms with van der Waals surface area (Å²) in [5.74, 6) is -1.08. The maximum atomic E-state index is 13.5. The first-order valence-electron chi connectivity index (χ1n) is 6.21. The molecular formula is C13H16ClFN2O2. The standard InChI is InChI=1S/C13H16ClFN2O2/c14-10-2-1-3-11(15)12(10)13(18)16-4-5-17-6-8-19-9-7-17/h1-3H,4-9H2,(H,16,18). The fraction of sp³-hybridized carbons (Fsp3) is 0.462. The van der Waals surface area contributed by atoms with Gasteiger partial charge in [-0.25, -0.2) is 4.39 Å². The van der Waals surface area contributed by atoms with Crippen molar-refractivity contribution in [2.45, 2.75) is 0 Å². The van der Waals surface area contributed by atoms with Gasteiger partial charge in [-0.05, 0) is 12.1 Å². The molecule has 0 bridgehead atoms. The molecule has 19 heavy (non-hydrogen) atoms. The summed E-state index contributed by atoms with van der Waals surface area (Å²) in [6.07, 6.45) is 0. The van der Waals surface area contributed by atoms with Gasteiger partial charge in [0.2, 0.25) is 0 Å². The monoisotopic (exact) mass is 286 g/mol. The average molecular weight is 287 g/mol. The van der Waals surface area contributed by atoms with Crippen molar-refractivity contribution in [3.63, 3.8) is 0 Å². The first kappa shape index (κ1) is 14.2. The van der Waals surface area contributed by atoms with Crippen LogP contribution in [0.2, 0.25) is 5.02 Å². The van der Waals surface area contributed by atoms with Crippen LogP contribution >= 0.6 is 11.6 Å². The molecule has 0 spiro atoms. The van der Waals surface area contributed by atoms with Crippen LogP contribution in [0.25, 0.3) is 0 Å². The van der Waals surface area contributed by atoms with Gasteiger partial charge < -0.3 is 10.1 Å². The van der Waals surface area contributed by atoms with Crippen molar-refractivity contribution in [1.82, 2.24) is 10.2 Å². The van der Waals surface area contributed by atoms with E-state index in [0.29, 0.717) is 19.8 Å². The summed E-state index contributed by atoms with van der Waals surface area (Å²) in [7, 11) is 0. The van der Waals surface area contributed by atoms with Gasteiger partial charge in [0, 0.05) is 26.2 Å². The number of nitrogens with one attached hydrogen (secondary N) is 1. The summed E-state index contributed by atoms with van der Waals surface area (Å²) < 4.78 is 18.7. The average Bonchev–Trinajstić information content (AvgIpc) is 2.40. The molecule has 1 aliphatic heterocycles. The Hall–Kier alpha value is -1.17. The molecule has 0 aromatic heterocycles. The lowest BCUT2D eigenvalue weighted by atomic mass is 10.2. The molecule has 0 radical (unpaired) electrons. The van der Waals surface area contributed by atoms with Crippen molar-refractivity contribution in [2.24, 2.45) is 0 Å². The first-order chi connectivity index (χ1) is 9.18. The molecular weight excluding hydrogens is 271 g/mol. The SMILES string of the molecule is O=C(NCCN1CCOCC1)c1c(F)cccc1Cl. The summed E-state index contributed by atoms with van der Waals surface area (Å²) in [6.45, 7) is 4.33. The zero-order valence-corrected chi connectivity index (χ0v) is 11.3. The number of nitrogens with zero attached hydrogens (tertiary/aromatic N) is 1. The number of benzene rings is 1. The van der Waals surface area contributed by atoms with Crippen molar-refractivity contribution in [2.75, 3.05) is 39.4 Å². The summed E-state index contributed by atoms with van der Waals surface area (Å²) in [6, 6.07) is 4.20. The van der Waals surface area contributed by atoms with Crippen molar-refractivity contribution in [1.29, 1.82) is 0 Å². The molecule has 1 fully saturated rings. The Morgan fingerprint density at radius 1 is 1.42 bits per heavy atom. The van der Waals surface area contributed by atoms with Crippen LogP contribution in [0.5, 0.6) is 0 Å². The molecule has 6 heteroatoms. The van der Waals surface area contributed by atoms with Gasteiger partial charge in [-0.3, -0.25) is 9.69 Å². The molecule has 1 heterocycles. The van der Waals surface area contributed by atoms with Crippen LogP contribution in [0, 0.1) is 5.82 Å². The Labute approximate surface area is 116 Å². The zero-order chi connectivity index (χ0) is 13.7. The van der Waals surface area contributed by atoms with Gasteiger partial charge in [-0.2, -0.15) is 0 Å². The number of ether oxygens (including phenoxy) is 1. The van der Waals surface area contributed by atoms with Crippen molar-refractivity contribution >= 4 is 17.5 Å². The molecule has 1 saturated heterocycles. The van der Waals surface area contributed by atoms with E-state index in [-0.39, 0.29) is 10.6 Å². The topological polar surface area (TPSA) is 41.6 Å². The number of hydrogen-bond donors (Lipinski definition) is 1. The molecule has 1 aromatic carbocycles. The largest absolute Gasteiger partial charge is 0.379 e. The van der Waals surface area contributed by atoms with Crippen molar-refractivity contribution in [3.8, 4) is 0 Å². The second kappa shape index (κ2) is 6.84. The summed E-state index contributed by atoms with van der Waals surface area (Å²) in [5, 5.41) is 2.81. The Balaban J connectivity index is 1.84. The van der Waals surface area contributed by atoms with Gasteiger partial charge >= 0.3 is 0 Å². The van der Waals surface area contributed by atoms with E-state index in [9.17, 15) is 9.18 Å². The van der Waals surface area contributed by atoms with E-state index >= 15 is 0 Å². The number of carbonyl (C=O) groups excluding carboxylic acids is 1. The number of amides is 1. The van der Waals surface area contributed by atoms with E-state index in [0.717, 1.165) is 19.6 Å². The molecule has 0 saturated carbocycles. The van der Waals surface area contributed by atoms with Crippen LogP contribution in [0.3, 0.4) is 0 Å². The van der Waals surface area contributed by atoms with E-state index in [1.807, 2.05) is 0 Å². The number of hydrogen-bond acceptors (Lipinski definition) is 3. The first-order valence-corrected chi connectivity index (χ1v) is 6.58. The van der Waals surface area contributed by atoms with E-state index < -0.39 is 11.7 Å². The van der Waals surface area contributed by atoms with Gasteiger partial charge in [0.25, 0.3) is 5.91 Å². The predicted octanol–water partition coefficient (Wildman–Crippen LogP) is 1.54. The van der Waals surface area contributed by atoms with Crippen molar-refractivity contribution < 1.29 is 13.9 Å². The second-order valence-electron chi connectivity index (χ2n) is 4.31. The fourth-order valence-corrected chi connectivity index (χ4v) is 2.20. The number of rotatable bonds is 4. The molecule has 0 atom stereocenters. The molecule has 104 valence electrons. The zero-order valence-electron chi connectivity index (χ0n) is 10.5. The highest BCUT2D eigenvalue weighted by atomic mass is 35.5.